The highest BCUT2D eigenvalue weighted by Crippen LogP contribution is 2.35. The molecule has 2 aromatic carbocycles. The molecular formula is C16H13NO. The maximum Gasteiger partial charge on any atom is 0.196 e. The van der Waals surface area contributed by atoms with Crippen LogP contribution in [0, 0.1) is 6.92 Å². The molecular weight excluding hydrogens is 222 g/mol. The molecule has 1 aliphatic carbocycles. The highest BCUT2D eigenvalue weighted by Gasteiger charge is 2.28. The molecule has 18 heavy (non-hydrogen) atoms. The number of carbonyl (C=O) groups is 1. The Morgan fingerprint density at radius 3 is 2.11 bits per heavy atom. The summed E-state index contributed by atoms with van der Waals surface area (Å²) in [6, 6.07) is 15.4. The predicted octanol–water partition coefficient (Wildman–Crippen LogP) is 3.02. The van der Waals surface area contributed by atoms with Crippen molar-refractivity contribution in [1.29, 1.82) is 0 Å². The molecule has 2 nitrogen and oxygen atoms in total. The fourth-order valence-corrected chi connectivity index (χ4v) is 2.31. The summed E-state index contributed by atoms with van der Waals surface area (Å²) < 4.78 is 0. The fraction of sp³-hybridized carbons (Fsp3) is 0.0625. The molecule has 2 N–H and O–H groups in total. The van der Waals surface area contributed by atoms with Gasteiger partial charge in [-0.25, -0.2) is 0 Å². The van der Waals surface area contributed by atoms with Gasteiger partial charge >= 0.3 is 0 Å². The van der Waals surface area contributed by atoms with E-state index in [-0.39, 0.29) is 5.78 Å². The number of ketones is 1. The van der Waals surface area contributed by atoms with Crippen LogP contribution >= 0.6 is 0 Å². The van der Waals surface area contributed by atoms with Gasteiger partial charge in [0.05, 0.1) is 11.3 Å². The zero-order valence-corrected chi connectivity index (χ0v) is 10.1. The topological polar surface area (TPSA) is 43.1 Å². The zero-order chi connectivity index (χ0) is 12.7. The van der Waals surface area contributed by atoms with Crippen molar-refractivity contribution < 1.29 is 4.79 Å². The first-order valence-electron chi connectivity index (χ1n) is 5.89. The molecule has 0 bridgehead atoms. The van der Waals surface area contributed by atoms with Crippen LogP contribution in [-0.2, 0) is 0 Å². The Balaban J connectivity index is 2.18. The van der Waals surface area contributed by atoms with Crippen LogP contribution < -0.4 is 5.73 Å². The van der Waals surface area contributed by atoms with Gasteiger partial charge in [-0.1, -0.05) is 54.1 Å². The summed E-state index contributed by atoms with van der Waals surface area (Å²) in [5.41, 5.74) is 10.9. The van der Waals surface area contributed by atoms with Gasteiger partial charge in [0.25, 0.3) is 0 Å². The highest BCUT2D eigenvalue weighted by atomic mass is 16.1. The normalized spacial score (nSPS) is 13.9. The van der Waals surface area contributed by atoms with E-state index in [2.05, 4.69) is 0 Å². The molecule has 0 amide bonds. The van der Waals surface area contributed by atoms with Crippen molar-refractivity contribution in [2.75, 3.05) is 0 Å². The summed E-state index contributed by atoms with van der Waals surface area (Å²) in [5.74, 6) is 0.0203. The minimum Gasteiger partial charge on any atom is -0.398 e. The van der Waals surface area contributed by atoms with Crippen molar-refractivity contribution in [3.63, 3.8) is 0 Å². The average molecular weight is 235 g/mol. The Kier molecular flexibility index (Phi) is 2.30. The number of benzene rings is 2. The van der Waals surface area contributed by atoms with Crippen molar-refractivity contribution in [3.05, 3.63) is 70.8 Å². The van der Waals surface area contributed by atoms with Gasteiger partial charge < -0.3 is 5.73 Å². The fourth-order valence-electron chi connectivity index (χ4n) is 2.31. The zero-order valence-electron chi connectivity index (χ0n) is 10.1. The van der Waals surface area contributed by atoms with E-state index < -0.39 is 0 Å². The first-order valence-corrected chi connectivity index (χ1v) is 5.89. The molecule has 0 saturated heterocycles. The molecule has 0 aromatic heterocycles. The number of carbonyl (C=O) groups excluding carboxylic acids is 1. The third kappa shape index (κ3) is 1.46. The Morgan fingerprint density at radius 2 is 1.50 bits per heavy atom. The Morgan fingerprint density at radius 1 is 0.889 bits per heavy atom. The Bertz CT molecular complexity index is 666. The van der Waals surface area contributed by atoms with Crippen LogP contribution in [0.3, 0.4) is 0 Å². The van der Waals surface area contributed by atoms with E-state index in [0.29, 0.717) is 16.8 Å². The van der Waals surface area contributed by atoms with E-state index >= 15 is 0 Å². The van der Waals surface area contributed by atoms with Crippen LogP contribution in [0.2, 0.25) is 0 Å². The number of rotatable bonds is 1. The summed E-state index contributed by atoms with van der Waals surface area (Å²) in [7, 11) is 0. The van der Waals surface area contributed by atoms with E-state index in [0.717, 1.165) is 11.1 Å². The second-order valence-corrected chi connectivity index (χ2v) is 4.53. The molecule has 0 radical (unpaired) electrons. The van der Waals surface area contributed by atoms with Gasteiger partial charge in [0, 0.05) is 11.1 Å². The summed E-state index contributed by atoms with van der Waals surface area (Å²) in [6.45, 7) is 2.02. The standard InChI is InChI=1S/C16H13NO/c1-10-6-8-11(9-7-10)14-15(17)12-4-2-3-5-13(12)16(14)18/h2-9H,17H2,1H3. The third-order valence-corrected chi connectivity index (χ3v) is 3.30. The van der Waals surface area contributed by atoms with E-state index in [1.165, 1.54) is 5.56 Å². The van der Waals surface area contributed by atoms with Crippen LogP contribution in [0.1, 0.15) is 27.0 Å². The van der Waals surface area contributed by atoms with Gasteiger partial charge in [-0.3, -0.25) is 4.79 Å². The Hall–Kier alpha value is -2.35. The van der Waals surface area contributed by atoms with Gasteiger partial charge in [-0.15, -0.1) is 0 Å². The molecule has 0 saturated carbocycles. The number of nitrogens with two attached hydrogens (primary N) is 1. The van der Waals surface area contributed by atoms with Crippen molar-refractivity contribution in [1.82, 2.24) is 0 Å². The van der Waals surface area contributed by atoms with E-state index in [1.54, 1.807) is 0 Å². The van der Waals surface area contributed by atoms with Gasteiger partial charge in [0.1, 0.15) is 0 Å². The average Bonchev–Trinajstić information content (AvgIpc) is 2.64. The summed E-state index contributed by atoms with van der Waals surface area (Å²) in [5, 5.41) is 0. The molecule has 2 heteroatoms. The number of allylic oxidation sites excluding steroid dienone is 1. The lowest BCUT2D eigenvalue weighted by molar-refractivity contribution is 0.105. The lowest BCUT2D eigenvalue weighted by atomic mass is 10.0. The van der Waals surface area contributed by atoms with Gasteiger partial charge in [-0.05, 0) is 12.5 Å². The number of aryl methyl sites for hydroxylation is 1. The summed E-state index contributed by atoms with van der Waals surface area (Å²) in [6.07, 6.45) is 0. The van der Waals surface area contributed by atoms with E-state index in [4.69, 9.17) is 5.73 Å². The van der Waals surface area contributed by atoms with Gasteiger partial charge in [0.15, 0.2) is 5.78 Å². The largest absolute Gasteiger partial charge is 0.398 e. The molecule has 1 aliphatic rings. The van der Waals surface area contributed by atoms with E-state index in [9.17, 15) is 4.79 Å². The molecule has 0 aliphatic heterocycles. The number of Topliss-reactive ketones (excluding diaryl/α,β-unsaturated/α-hetero) is 1. The predicted molar refractivity (Wildman–Crippen MR) is 73.0 cm³/mol. The number of fused-ring (bicyclic) bond motifs is 1. The minimum atomic E-state index is 0.0203. The van der Waals surface area contributed by atoms with Crippen molar-refractivity contribution >= 4 is 17.1 Å². The molecule has 3 rings (SSSR count). The van der Waals surface area contributed by atoms with Crippen LogP contribution in [-0.4, -0.2) is 5.78 Å². The molecule has 0 heterocycles. The lowest BCUT2D eigenvalue weighted by Gasteiger charge is -2.03. The maximum atomic E-state index is 12.4. The Labute approximate surface area is 106 Å². The maximum absolute atomic E-state index is 12.4. The molecule has 0 atom stereocenters. The van der Waals surface area contributed by atoms with Gasteiger partial charge in [-0.2, -0.15) is 0 Å². The SMILES string of the molecule is Cc1ccc(C2=C(N)c3ccccc3C2=O)cc1. The second-order valence-electron chi connectivity index (χ2n) is 4.53. The minimum absolute atomic E-state index is 0.0203. The summed E-state index contributed by atoms with van der Waals surface area (Å²) >= 11 is 0. The molecule has 0 unspecified atom stereocenters. The molecule has 0 spiro atoms. The number of hydrogen-bond donors (Lipinski definition) is 1. The second kappa shape index (κ2) is 3.84. The summed E-state index contributed by atoms with van der Waals surface area (Å²) in [4.78, 5) is 12.4. The quantitative estimate of drug-likeness (QED) is 0.825. The smallest absolute Gasteiger partial charge is 0.196 e. The lowest BCUT2D eigenvalue weighted by Crippen LogP contribution is -1.99. The van der Waals surface area contributed by atoms with Gasteiger partial charge in [0.2, 0.25) is 0 Å². The van der Waals surface area contributed by atoms with Crippen LogP contribution in [0.25, 0.3) is 11.3 Å². The third-order valence-electron chi connectivity index (χ3n) is 3.30. The van der Waals surface area contributed by atoms with Crippen LogP contribution in [0.5, 0.6) is 0 Å². The van der Waals surface area contributed by atoms with E-state index in [1.807, 2.05) is 55.5 Å². The molecule has 88 valence electrons. The molecule has 0 fully saturated rings. The first kappa shape index (κ1) is 10.8. The van der Waals surface area contributed by atoms with Crippen molar-refractivity contribution in [3.8, 4) is 0 Å². The highest BCUT2D eigenvalue weighted by molar-refractivity contribution is 6.39. The van der Waals surface area contributed by atoms with Crippen LogP contribution in [0.4, 0.5) is 0 Å². The first-order chi connectivity index (χ1) is 8.68. The van der Waals surface area contributed by atoms with Crippen molar-refractivity contribution in [2.24, 2.45) is 5.73 Å². The van der Waals surface area contributed by atoms with Crippen LogP contribution in [0.15, 0.2) is 48.5 Å². The monoisotopic (exact) mass is 235 g/mol. The molecule has 2 aromatic rings. The number of hydrogen-bond acceptors (Lipinski definition) is 2. The van der Waals surface area contributed by atoms with Crippen molar-refractivity contribution in [2.45, 2.75) is 6.92 Å².